The summed E-state index contributed by atoms with van der Waals surface area (Å²) in [6, 6.07) is 16.8. The Morgan fingerprint density at radius 1 is 0.848 bits per heavy atom. The number of rotatable bonds is 8. The molecule has 0 aromatic heterocycles. The van der Waals surface area contributed by atoms with E-state index in [1.165, 1.54) is 4.90 Å². The van der Waals surface area contributed by atoms with Crippen molar-refractivity contribution in [2.75, 3.05) is 19.6 Å². The summed E-state index contributed by atoms with van der Waals surface area (Å²) < 4.78 is 0. The van der Waals surface area contributed by atoms with Gasteiger partial charge < -0.3 is 10.2 Å². The number of carbonyl (C=O) groups is 4. The van der Waals surface area contributed by atoms with Crippen LogP contribution in [0.1, 0.15) is 58.4 Å². The van der Waals surface area contributed by atoms with Crippen LogP contribution in [0.25, 0.3) is 0 Å². The summed E-state index contributed by atoms with van der Waals surface area (Å²) in [7, 11) is 0. The zero-order chi connectivity index (χ0) is 23.2. The second-order valence-electron chi connectivity index (χ2n) is 8.62. The molecule has 0 aliphatic carbocycles. The topological polar surface area (TPSA) is 86.8 Å². The molecular formula is C26H29N3O4. The van der Waals surface area contributed by atoms with Crippen molar-refractivity contribution in [3.05, 3.63) is 71.3 Å². The molecule has 0 unspecified atom stereocenters. The van der Waals surface area contributed by atoms with E-state index >= 15 is 0 Å². The molecular weight excluding hydrogens is 418 g/mol. The van der Waals surface area contributed by atoms with Crippen molar-refractivity contribution in [2.45, 2.75) is 44.6 Å². The fraction of sp³-hybridized carbons (Fsp3) is 0.385. The highest BCUT2D eigenvalue weighted by atomic mass is 16.2. The smallest absolute Gasteiger partial charge is 0.261 e. The maximum absolute atomic E-state index is 12.6. The van der Waals surface area contributed by atoms with Crippen LogP contribution in [0.15, 0.2) is 54.6 Å². The van der Waals surface area contributed by atoms with Gasteiger partial charge in [-0.05, 0) is 43.4 Å². The minimum Gasteiger partial charge on any atom is -0.353 e. The van der Waals surface area contributed by atoms with Crippen LogP contribution in [0.2, 0.25) is 0 Å². The van der Waals surface area contributed by atoms with Crippen LogP contribution < -0.4 is 5.32 Å². The molecule has 1 fully saturated rings. The molecule has 7 nitrogen and oxygen atoms in total. The predicted octanol–water partition coefficient (Wildman–Crippen LogP) is 2.80. The van der Waals surface area contributed by atoms with E-state index in [1.54, 1.807) is 24.3 Å². The number of hydrogen-bond acceptors (Lipinski definition) is 4. The Balaban J connectivity index is 1.15. The lowest BCUT2D eigenvalue weighted by Gasteiger charge is -2.32. The van der Waals surface area contributed by atoms with Crippen molar-refractivity contribution in [2.24, 2.45) is 0 Å². The molecule has 2 aromatic carbocycles. The average molecular weight is 448 g/mol. The zero-order valence-corrected chi connectivity index (χ0v) is 18.7. The lowest BCUT2D eigenvalue weighted by molar-refractivity contribution is -0.132. The highest BCUT2D eigenvalue weighted by Crippen LogP contribution is 2.23. The molecule has 172 valence electrons. The van der Waals surface area contributed by atoms with E-state index in [2.05, 4.69) is 5.32 Å². The third-order valence-electron chi connectivity index (χ3n) is 6.35. The van der Waals surface area contributed by atoms with E-state index in [-0.39, 0.29) is 36.2 Å². The number of fused-ring (bicyclic) bond motifs is 1. The number of nitrogens with zero attached hydrogens (tertiary/aromatic N) is 2. The summed E-state index contributed by atoms with van der Waals surface area (Å²) in [5.74, 6) is -0.497. The molecule has 1 N–H and O–H groups in total. The van der Waals surface area contributed by atoms with Gasteiger partial charge in [0.1, 0.15) is 0 Å². The minimum atomic E-state index is -0.285. The number of aryl methyl sites for hydroxylation is 1. The van der Waals surface area contributed by atoms with Gasteiger partial charge in [0.15, 0.2) is 0 Å². The van der Waals surface area contributed by atoms with Crippen LogP contribution in [0, 0.1) is 0 Å². The quantitative estimate of drug-likeness (QED) is 0.631. The van der Waals surface area contributed by atoms with Gasteiger partial charge in [0.05, 0.1) is 11.1 Å². The second-order valence-corrected chi connectivity index (χ2v) is 8.62. The molecule has 33 heavy (non-hydrogen) atoms. The summed E-state index contributed by atoms with van der Waals surface area (Å²) in [6.07, 6.45) is 3.39. The number of nitrogens with one attached hydrogen (secondary N) is 1. The number of carbonyl (C=O) groups excluding carboxylic acids is 4. The van der Waals surface area contributed by atoms with Crippen LogP contribution in [-0.2, 0) is 16.0 Å². The van der Waals surface area contributed by atoms with Crippen molar-refractivity contribution < 1.29 is 19.2 Å². The molecule has 2 aliphatic rings. The second kappa shape index (κ2) is 10.4. The summed E-state index contributed by atoms with van der Waals surface area (Å²) in [4.78, 5) is 52.7. The van der Waals surface area contributed by atoms with Crippen molar-refractivity contribution in [1.82, 2.24) is 15.1 Å². The van der Waals surface area contributed by atoms with E-state index in [1.807, 2.05) is 35.2 Å². The number of imide groups is 1. The normalized spacial score (nSPS) is 16.1. The number of hydrogen-bond donors (Lipinski definition) is 1. The highest BCUT2D eigenvalue weighted by Gasteiger charge is 2.34. The van der Waals surface area contributed by atoms with Gasteiger partial charge in [0, 0.05) is 38.5 Å². The van der Waals surface area contributed by atoms with Crippen LogP contribution in [0.5, 0.6) is 0 Å². The standard InChI is InChI=1S/C26H29N3O4/c30-23(13-12-19-7-2-1-3-8-19)27-20-14-17-28(18-15-20)24(31)11-6-16-29-25(32)21-9-4-5-10-22(21)26(29)33/h1-5,7-10,20H,6,11-18H2,(H,27,30). The first-order valence-electron chi connectivity index (χ1n) is 11.6. The molecule has 0 bridgehead atoms. The van der Waals surface area contributed by atoms with E-state index in [9.17, 15) is 19.2 Å². The van der Waals surface area contributed by atoms with Gasteiger partial charge in [-0.15, -0.1) is 0 Å². The van der Waals surface area contributed by atoms with Crippen LogP contribution in [-0.4, -0.2) is 59.1 Å². The molecule has 0 atom stereocenters. The summed E-state index contributed by atoms with van der Waals surface area (Å²) in [5.41, 5.74) is 2.01. The van der Waals surface area contributed by atoms with Crippen molar-refractivity contribution in [3.8, 4) is 0 Å². The summed E-state index contributed by atoms with van der Waals surface area (Å²) in [5, 5.41) is 3.09. The Bertz CT molecular complexity index is 994. The highest BCUT2D eigenvalue weighted by molar-refractivity contribution is 6.21. The predicted molar refractivity (Wildman–Crippen MR) is 124 cm³/mol. The van der Waals surface area contributed by atoms with Gasteiger partial charge in [-0.1, -0.05) is 42.5 Å². The van der Waals surface area contributed by atoms with Crippen molar-refractivity contribution in [3.63, 3.8) is 0 Å². The lowest BCUT2D eigenvalue weighted by Crippen LogP contribution is -2.46. The Labute approximate surface area is 193 Å². The monoisotopic (exact) mass is 447 g/mol. The molecule has 2 aromatic rings. The molecule has 4 rings (SSSR count). The molecule has 2 heterocycles. The molecule has 0 saturated carbocycles. The van der Waals surface area contributed by atoms with Crippen LogP contribution >= 0.6 is 0 Å². The summed E-state index contributed by atoms with van der Waals surface area (Å²) >= 11 is 0. The molecule has 4 amide bonds. The third kappa shape index (κ3) is 5.48. The number of amides is 4. The maximum Gasteiger partial charge on any atom is 0.261 e. The Kier molecular flexibility index (Phi) is 7.17. The molecule has 0 radical (unpaired) electrons. The van der Waals surface area contributed by atoms with Gasteiger partial charge in [0.25, 0.3) is 11.8 Å². The maximum atomic E-state index is 12.6. The molecule has 0 spiro atoms. The third-order valence-corrected chi connectivity index (χ3v) is 6.35. The van der Waals surface area contributed by atoms with Gasteiger partial charge >= 0.3 is 0 Å². The zero-order valence-electron chi connectivity index (χ0n) is 18.7. The van der Waals surface area contributed by atoms with E-state index < -0.39 is 0 Å². The first kappa shape index (κ1) is 22.7. The van der Waals surface area contributed by atoms with Crippen molar-refractivity contribution in [1.29, 1.82) is 0 Å². The number of piperidine rings is 1. The molecule has 7 heteroatoms. The Hall–Kier alpha value is -3.48. The van der Waals surface area contributed by atoms with E-state index in [0.717, 1.165) is 24.8 Å². The van der Waals surface area contributed by atoms with Gasteiger partial charge in [-0.3, -0.25) is 24.1 Å². The van der Waals surface area contributed by atoms with Gasteiger partial charge in [-0.2, -0.15) is 0 Å². The van der Waals surface area contributed by atoms with Gasteiger partial charge in [0.2, 0.25) is 11.8 Å². The first-order valence-corrected chi connectivity index (χ1v) is 11.6. The van der Waals surface area contributed by atoms with E-state index in [0.29, 0.717) is 43.5 Å². The van der Waals surface area contributed by atoms with Crippen molar-refractivity contribution >= 4 is 23.6 Å². The Morgan fingerprint density at radius 3 is 2.09 bits per heavy atom. The summed E-state index contributed by atoms with van der Waals surface area (Å²) in [6.45, 7) is 1.46. The largest absolute Gasteiger partial charge is 0.353 e. The molecule has 2 aliphatic heterocycles. The fourth-order valence-electron chi connectivity index (χ4n) is 4.46. The SMILES string of the molecule is O=C(CCc1ccccc1)NC1CCN(C(=O)CCCN2C(=O)c3ccccc3C2=O)CC1. The average Bonchev–Trinajstić information content (AvgIpc) is 3.09. The van der Waals surface area contributed by atoms with E-state index in [4.69, 9.17) is 0 Å². The number of likely N-dealkylation sites (tertiary alicyclic amines) is 1. The van der Waals surface area contributed by atoms with Crippen LogP contribution in [0.4, 0.5) is 0 Å². The molecule has 1 saturated heterocycles. The minimum absolute atomic E-state index is 0.0282. The fourth-order valence-corrected chi connectivity index (χ4v) is 4.46. The first-order chi connectivity index (χ1) is 16.0. The lowest BCUT2D eigenvalue weighted by atomic mass is 10.0. The number of benzene rings is 2. The Morgan fingerprint density at radius 2 is 1.45 bits per heavy atom. The van der Waals surface area contributed by atoms with Crippen LogP contribution in [0.3, 0.4) is 0 Å². The van der Waals surface area contributed by atoms with Gasteiger partial charge in [-0.25, -0.2) is 0 Å².